The van der Waals surface area contributed by atoms with E-state index in [9.17, 15) is 10.2 Å². The van der Waals surface area contributed by atoms with Crippen molar-refractivity contribution in [2.24, 2.45) is 10.8 Å². The van der Waals surface area contributed by atoms with Crippen LogP contribution < -0.4 is 0 Å². The molecule has 0 aromatic carbocycles. The van der Waals surface area contributed by atoms with Crippen LogP contribution in [0.2, 0.25) is 0 Å². The Balaban J connectivity index is 2.34. The van der Waals surface area contributed by atoms with Gasteiger partial charge in [0, 0.05) is 10.8 Å². The van der Waals surface area contributed by atoms with Crippen LogP contribution in [0.15, 0.2) is 0 Å². The van der Waals surface area contributed by atoms with Crippen LogP contribution in [-0.4, -0.2) is 56.6 Å². The number of aliphatic hydroxyl groups excluding tert-OH is 2. The second kappa shape index (κ2) is 6.66. The molecule has 2 N–H and O–H groups in total. The molecule has 1 aliphatic rings. The van der Waals surface area contributed by atoms with Crippen molar-refractivity contribution in [3.63, 3.8) is 0 Å². The highest BCUT2D eigenvalue weighted by Gasteiger charge is 2.32. The lowest BCUT2D eigenvalue weighted by atomic mass is 9.88. The number of rotatable bonds is 7. The monoisotopic (exact) mass is 248 g/mol. The third kappa shape index (κ3) is 4.19. The minimum Gasteiger partial charge on any atom is -0.396 e. The average molecular weight is 248 g/mol. The van der Waals surface area contributed by atoms with E-state index in [4.69, 9.17) is 14.2 Å². The van der Waals surface area contributed by atoms with Gasteiger partial charge in [0.25, 0.3) is 0 Å². The lowest BCUT2D eigenvalue weighted by Gasteiger charge is -2.35. The quantitative estimate of drug-likeness (QED) is 0.682. The van der Waals surface area contributed by atoms with Gasteiger partial charge >= 0.3 is 0 Å². The Hall–Kier alpha value is -0.200. The number of hydrogen-bond donors (Lipinski definition) is 2. The Morgan fingerprint density at radius 3 is 2.29 bits per heavy atom. The highest BCUT2D eigenvalue weighted by molar-refractivity contribution is 4.78. The zero-order valence-corrected chi connectivity index (χ0v) is 10.8. The summed E-state index contributed by atoms with van der Waals surface area (Å²) in [5, 5.41) is 18.6. The first-order valence-electron chi connectivity index (χ1n) is 6.05. The van der Waals surface area contributed by atoms with Crippen LogP contribution in [-0.2, 0) is 14.2 Å². The summed E-state index contributed by atoms with van der Waals surface area (Å²) in [6, 6.07) is 0. The molecule has 5 heteroatoms. The van der Waals surface area contributed by atoms with Crippen molar-refractivity contribution in [1.29, 1.82) is 0 Å². The molecule has 0 unspecified atom stereocenters. The summed E-state index contributed by atoms with van der Waals surface area (Å²) in [6.45, 7) is 6.28. The zero-order valence-electron chi connectivity index (χ0n) is 10.8. The second-order valence-corrected chi connectivity index (χ2v) is 5.29. The molecule has 0 aromatic rings. The molecule has 1 rings (SSSR count). The standard InChI is InChI=1S/C12H24O5/c1-3-12(4-13,5-14)9-15-6-11(2)7-16-10-17-8-11/h13-14H,3-10H2,1-2H3. The van der Waals surface area contributed by atoms with Gasteiger partial charge in [-0.25, -0.2) is 0 Å². The van der Waals surface area contributed by atoms with Crippen LogP contribution >= 0.6 is 0 Å². The highest BCUT2D eigenvalue weighted by atomic mass is 16.7. The summed E-state index contributed by atoms with van der Waals surface area (Å²) in [6.07, 6.45) is 0.684. The Labute approximate surface area is 103 Å². The molecule has 0 atom stereocenters. The predicted octanol–water partition coefficient (Wildman–Crippen LogP) is 0.395. The Bertz CT molecular complexity index is 201. The zero-order chi connectivity index (χ0) is 12.8. The Morgan fingerprint density at radius 2 is 1.82 bits per heavy atom. The van der Waals surface area contributed by atoms with Crippen molar-refractivity contribution in [1.82, 2.24) is 0 Å². The Kier molecular flexibility index (Phi) is 5.82. The molecule has 102 valence electrons. The van der Waals surface area contributed by atoms with Crippen LogP contribution in [0.3, 0.4) is 0 Å². The number of hydrogen-bond acceptors (Lipinski definition) is 5. The maximum absolute atomic E-state index is 9.29. The van der Waals surface area contributed by atoms with Crippen LogP contribution in [0.5, 0.6) is 0 Å². The van der Waals surface area contributed by atoms with E-state index in [1.807, 2.05) is 13.8 Å². The number of ether oxygens (including phenoxy) is 3. The van der Waals surface area contributed by atoms with E-state index in [1.54, 1.807) is 0 Å². The molecule has 1 heterocycles. The summed E-state index contributed by atoms with van der Waals surface area (Å²) < 4.78 is 16.1. The molecule has 0 aliphatic carbocycles. The molecule has 0 spiro atoms. The van der Waals surface area contributed by atoms with Crippen LogP contribution in [0.1, 0.15) is 20.3 Å². The van der Waals surface area contributed by atoms with Crippen molar-refractivity contribution in [3.8, 4) is 0 Å². The SMILES string of the molecule is CCC(CO)(CO)COCC1(C)COCOC1. The molecule has 0 aromatic heterocycles. The van der Waals surface area contributed by atoms with Crippen molar-refractivity contribution >= 4 is 0 Å². The summed E-state index contributed by atoms with van der Waals surface area (Å²) in [4.78, 5) is 0. The molecular weight excluding hydrogens is 224 g/mol. The molecule has 0 radical (unpaired) electrons. The molecule has 1 fully saturated rings. The van der Waals surface area contributed by atoms with E-state index in [1.165, 1.54) is 0 Å². The van der Waals surface area contributed by atoms with Gasteiger partial charge in [-0.15, -0.1) is 0 Å². The first-order valence-corrected chi connectivity index (χ1v) is 6.05. The van der Waals surface area contributed by atoms with Crippen LogP contribution in [0.4, 0.5) is 0 Å². The summed E-state index contributed by atoms with van der Waals surface area (Å²) >= 11 is 0. The lowest BCUT2D eigenvalue weighted by Crippen LogP contribution is -2.41. The largest absolute Gasteiger partial charge is 0.396 e. The highest BCUT2D eigenvalue weighted by Crippen LogP contribution is 2.25. The first-order chi connectivity index (χ1) is 8.10. The van der Waals surface area contributed by atoms with E-state index in [0.717, 1.165) is 0 Å². The summed E-state index contributed by atoms with van der Waals surface area (Å²) in [5.41, 5.74) is -0.671. The third-order valence-corrected chi connectivity index (χ3v) is 3.35. The predicted molar refractivity (Wildman–Crippen MR) is 62.6 cm³/mol. The summed E-state index contributed by atoms with van der Waals surface area (Å²) in [5.74, 6) is 0. The fourth-order valence-electron chi connectivity index (χ4n) is 1.74. The van der Waals surface area contributed by atoms with Gasteiger partial charge in [0.2, 0.25) is 0 Å². The summed E-state index contributed by atoms with van der Waals surface area (Å²) in [7, 11) is 0. The first kappa shape index (κ1) is 14.9. The molecule has 5 nitrogen and oxygen atoms in total. The topological polar surface area (TPSA) is 68.2 Å². The van der Waals surface area contributed by atoms with Gasteiger partial charge in [-0.3, -0.25) is 0 Å². The molecule has 17 heavy (non-hydrogen) atoms. The maximum Gasteiger partial charge on any atom is 0.146 e. The van der Waals surface area contributed by atoms with Crippen molar-refractivity contribution in [2.45, 2.75) is 20.3 Å². The normalized spacial score (nSPS) is 20.5. The van der Waals surface area contributed by atoms with Gasteiger partial charge in [0.05, 0.1) is 39.6 Å². The van der Waals surface area contributed by atoms with Crippen molar-refractivity contribution in [2.75, 3.05) is 46.4 Å². The molecule has 1 aliphatic heterocycles. The number of aliphatic hydroxyl groups is 2. The van der Waals surface area contributed by atoms with Gasteiger partial charge in [-0.2, -0.15) is 0 Å². The fraction of sp³-hybridized carbons (Fsp3) is 1.00. The smallest absolute Gasteiger partial charge is 0.146 e. The van der Waals surface area contributed by atoms with Crippen molar-refractivity contribution in [3.05, 3.63) is 0 Å². The molecule has 0 saturated carbocycles. The van der Waals surface area contributed by atoms with Gasteiger partial charge in [-0.1, -0.05) is 13.8 Å². The molecule has 1 saturated heterocycles. The van der Waals surface area contributed by atoms with E-state index in [0.29, 0.717) is 39.6 Å². The van der Waals surface area contributed by atoms with E-state index < -0.39 is 5.41 Å². The molecular formula is C12H24O5. The van der Waals surface area contributed by atoms with E-state index in [2.05, 4.69) is 0 Å². The van der Waals surface area contributed by atoms with E-state index >= 15 is 0 Å². The van der Waals surface area contributed by atoms with Gasteiger partial charge < -0.3 is 24.4 Å². The molecule has 0 bridgehead atoms. The third-order valence-electron chi connectivity index (χ3n) is 3.35. The fourth-order valence-corrected chi connectivity index (χ4v) is 1.74. The van der Waals surface area contributed by atoms with Crippen LogP contribution in [0, 0.1) is 10.8 Å². The Morgan fingerprint density at radius 1 is 1.24 bits per heavy atom. The lowest BCUT2D eigenvalue weighted by molar-refractivity contribution is -0.180. The van der Waals surface area contributed by atoms with Gasteiger partial charge in [-0.05, 0) is 6.42 Å². The maximum atomic E-state index is 9.29. The average Bonchev–Trinajstić information content (AvgIpc) is 2.36. The van der Waals surface area contributed by atoms with Crippen molar-refractivity contribution < 1.29 is 24.4 Å². The van der Waals surface area contributed by atoms with Gasteiger partial charge in [0.15, 0.2) is 0 Å². The second-order valence-electron chi connectivity index (χ2n) is 5.29. The molecule has 0 amide bonds. The van der Waals surface area contributed by atoms with Crippen LogP contribution in [0.25, 0.3) is 0 Å². The van der Waals surface area contributed by atoms with Gasteiger partial charge in [0.1, 0.15) is 6.79 Å². The van der Waals surface area contributed by atoms with E-state index in [-0.39, 0.29) is 18.6 Å². The minimum absolute atomic E-state index is 0.0658. The minimum atomic E-state index is -0.535.